The third kappa shape index (κ3) is 4.00. The van der Waals surface area contributed by atoms with Crippen LogP contribution in [0.3, 0.4) is 0 Å². The first-order valence-electron chi connectivity index (χ1n) is 8.51. The highest BCUT2D eigenvalue weighted by atomic mass is 35.5. The molecular formula is C19H12ClN5O4S. The molecule has 0 saturated carbocycles. The Morgan fingerprint density at radius 2 is 1.77 bits per heavy atom. The lowest BCUT2D eigenvalue weighted by atomic mass is 10.2. The van der Waals surface area contributed by atoms with Gasteiger partial charge in [0.15, 0.2) is 0 Å². The first-order chi connectivity index (χ1) is 14.4. The second-order valence-electron chi connectivity index (χ2n) is 6.13. The zero-order chi connectivity index (χ0) is 21.3. The number of fused-ring (bicyclic) bond motifs is 1. The number of H-pyrrole nitrogens is 1. The lowest BCUT2D eigenvalue weighted by Gasteiger charge is -2.07. The van der Waals surface area contributed by atoms with Crippen molar-refractivity contribution in [1.82, 2.24) is 20.8 Å². The number of hydrogen-bond acceptors (Lipinski definition) is 6. The fraction of sp³-hybridized carbons (Fsp3) is 0. The first kappa shape index (κ1) is 19.6. The summed E-state index contributed by atoms with van der Waals surface area (Å²) in [6, 6.07) is 14.1. The van der Waals surface area contributed by atoms with E-state index in [0.29, 0.717) is 37.9 Å². The summed E-state index contributed by atoms with van der Waals surface area (Å²) < 4.78 is 0. The van der Waals surface area contributed by atoms with E-state index in [2.05, 4.69) is 20.8 Å². The van der Waals surface area contributed by atoms with E-state index in [4.69, 9.17) is 11.6 Å². The Balaban J connectivity index is 1.49. The second-order valence-corrected chi connectivity index (χ2v) is 7.63. The van der Waals surface area contributed by atoms with Gasteiger partial charge in [0.25, 0.3) is 11.8 Å². The van der Waals surface area contributed by atoms with Gasteiger partial charge in [-0.1, -0.05) is 29.0 Å². The van der Waals surface area contributed by atoms with Crippen LogP contribution in [-0.2, 0) is 0 Å². The molecule has 9 nitrogen and oxygen atoms in total. The number of amides is 2. The summed E-state index contributed by atoms with van der Waals surface area (Å²) in [5.41, 5.74) is 6.45. The van der Waals surface area contributed by atoms with Crippen LogP contribution in [0.15, 0.2) is 54.6 Å². The third-order valence-electron chi connectivity index (χ3n) is 4.13. The molecule has 0 atom stereocenters. The molecule has 0 bridgehead atoms. The van der Waals surface area contributed by atoms with Crippen molar-refractivity contribution in [2.45, 2.75) is 0 Å². The molecular weight excluding hydrogens is 430 g/mol. The summed E-state index contributed by atoms with van der Waals surface area (Å²) in [7, 11) is 0. The second kappa shape index (κ2) is 7.93. The van der Waals surface area contributed by atoms with Gasteiger partial charge in [0.05, 0.1) is 20.8 Å². The van der Waals surface area contributed by atoms with E-state index in [1.807, 2.05) is 0 Å². The van der Waals surface area contributed by atoms with Gasteiger partial charge in [0, 0.05) is 22.2 Å². The number of carbonyl (C=O) groups is 2. The fourth-order valence-corrected chi connectivity index (χ4v) is 3.66. The number of rotatable bonds is 4. The number of nitrogens with one attached hydrogen (secondary N) is 3. The van der Waals surface area contributed by atoms with Crippen molar-refractivity contribution in [2.24, 2.45) is 0 Å². The van der Waals surface area contributed by atoms with E-state index in [1.165, 1.54) is 12.1 Å². The van der Waals surface area contributed by atoms with E-state index >= 15 is 0 Å². The monoisotopic (exact) mass is 441 g/mol. The van der Waals surface area contributed by atoms with Gasteiger partial charge in [-0.25, -0.2) is 4.98 Å². The Morgan fingerprint density at radius 1 is 1.03 bits per heavy atom. The molecule has 0 radical (unpaired) electrons. The maximum Gasteiger partial charge on any atom is 0.324 e. The number of nitrogens with zero attached hydrogens (tertiary/aromatic N) is 2. The number of aromatic amines is 1. The van der Waals surface area contributed by atoms with Crippen molar-refractivity contribution in [3.05, 3.63) is 80.9 Å². The average Bonchev–Trinajstić information content (AvgIpc) is 3.38. The van der Waals surface area contributed by atoms with Crippen LogP contribution in [0.1, 0.15) is 20.7 Å². The van der Waals surface area contributed by atoms with E-state index in [0.717, 1.165) is 11.3 Å². The fourth-order valence-electron chi connectivity index (χ4n) is 2.71. The van der Waals surface area contributed by atoms with Crippen LogP contribution in [0.25, 0.3) is 21.7 Å². The Kier molecular flexibility index (Phi) is 5.17. The number of halogens is 1. The molecule has 0 aliphatic carbocycles. The molecule has 0 saturated heterocycles. The predicted octanol–water partition coefficient (Wildman–Crippen LogP) is 3.93. The third-order valence-corrected chi connectivity index (χ3v) is 5.40. The normalized spacial score (nSPS) is 10.7. The average molecular weight is 442 g/mol. The van der Waals surface area contributed by atoms with Gasteiger partial charge in [-0.2, -0.15) is 0 Å². The first-order valence-corrected chi connectivity index (χ1v) is 9.71. The smallest absolute Gasteiger partial charge is 0.324 e. The number of hydrazine groups is 1. The Morgan fingerprint density at radius 3 is 2.43 bits per heavy atom. The van der Waals surface area contributed by atoms with E-state index < -0.39 is 16.7 Å². The summed E-state index contributed by atoms with van der Waals surface area (Å²) in [5, 5.41) is 11.3. The number of thiophene rings is 1. The highest BCUT2D eigenvalue weighted by molar-refractivity contribution is 7.18. The minimum Gasteiger partial charge on any atom is -0.337 e. The van der Waals surface area contributed by atoms with Crippen LogP contribution in [0.2, 0.25) is 5.02 Å². The van der Waals surface area contributed by atoms with Crippen molar-refractivity contribution in [3.63, 3.8) is 0 Å². The van der Waals surface area contributed by atoms with E-state index in [9.17, 15) is 19.7 Å². The van der Waals surface area contributed by atoms with Gasteiger partial charge in [-0.3, -0.25) is 30.6 Å². The highest BCUT2D eigenvalue weighted by Gasteiger charge is 2.15. The SMILES string of the molecule is O=C(NNC(=O)c1ccc2nc(-c3ccc([N+](=O)[O-])s3)[nH]c2c1)c1cccc(Cl)c1. The van der Waals surface area contributed by atoms with Gasteiger partial charge < -0.3 is 4.98 Å². The van der Waals surface area contributed by atoms with Crippen molar-refractivity contribution in [3.8, 4) is 10.7 Å². The molecule has 0 fully saturated rings. The molecule has 4 rings (SSSR count). The van der Waals surface area contributed by atoms with Crippen LogP contribution in [-0.4, -0.2) is 26.7 Å². The van der Waals surface area contributed by atoms with Gasteiger partial charge in [0.2, 0.25) is 0 Å². The van der Waals surface area contributed by atoms with Crippen LogP contribution in [0.5, 0.6) is 0 Å². The predicted molar refractivity (Wildman–Crippen MR) is 112 cm³/mol. The van der Waals surface area contributed by atoms with Gasteiger partial charge in [0.1, 0.15) is 5.82 Å². The molecule has 150 valence electrons. The zero-order valence-electron chi connectivity index (χ0n) is 15.0. The van der Waals surface area contributed by atoms with Crippen LogP contribution >= 0.6 is 22.9 Å². The highest BCUT2D eigenvalue weighted by Crippen LogP contribution is 2.32. The number of nitro groups is 1. The van der Waals surface area contributed by atoms with Gasteiger partial charge in [-0.05, 0) is 42.5 Å². The van der Waals surface area contributed by atoms with Gasteiger partial charge >= 0.3 is 5.00 Å². The van der Waals surface area contributed by atoms with Crippen molar-refractivity contribution >= 4 is 50.8 Å². The van der Waals surface area contributed by atoms with Gasteiger partial charge in [-0.15, -0.1) is 0 Å². The standard InChI is InChI=1S/C19H12ClN5O4S/c20-12-3-1-2-10(8-12)18(26)23-24-19(27)11-4-5-13-14(9-11)22-17(21-13)15-6-7-16(30-15)25(28)29/h1-9H,(H,21,22)(H,23,26)(H,24,27). The maximum absolute atomic E-state index is 12.4. The number of carbonyl (C=O) groups excluding carboxylic acids is 2. The summed E-state index contributed by atoms with van der Waals surface area (Å²) in [5.74, 6) is -0.555. The molecule has 2 aromatic heterocycles. The molecule has 0 aliphatic rings. The Labute approximate surface area is 177 Å². The molecule has 4 aromatic rings. The Bertz CT molecular complexity index is 1300. The van der Waals surface area contributed by atoms with E-state index in [1.54, 1.807) is 42.5 Å². The minimum absolute atomic E-state index is 0.0148. The number of benzene rings is 2. The largest absolute Gasteiger partial charge is 0.337 e. The molecule has 0 spiro atoms. The van der Waals surface area contributed by atoms with Crippen molar-refractivity contribution in [1.29, 1.82) is 0 Å². The van der Waals surface area contributed by atoms with Crippen LogP contribution in [0.4, 0.5) is 5.00 Å². The quantitative estimate of drug-likeness (QED) is 0.326. The number of aromatic nitrogens is 2. The molecule has 2 amide bonds. The summed E-state index contributed by atoms with van der Waals surface area (Å²) in [6.45, 7) is 0. The molecule has 0 aliphatic heterocycles. The topological polar surface area (TPSA) is 130 Å². The molecule has 0 unspecified atom stereocenters. The molecule has 11 heteroatoms. The van der Waals surface area contributed by atoms with Crippen molar-refractivity contribution in [2.75, 3.05) is 0 Å². The molecule has 2 aromatic carbocycles. The summed E-state index contributed by atoms with van der Waals surface area (Å²) >= 11 is 6.86. The maximum atomic E-state index is 12.4. The number of hydrogen-bond donors (Lipinski definition) is 3. The lowest BCUT2D eigenvalue weighted by Crippen LogP contribution is -2.41. The number of imidazole rings is 1. The summed E-state index contributed by atoms with van der Waals surface area (Å²) in [6.07, 6.45) is 0. The zero-order valence-corrected chi connectivity index (χ0v) is 16.6. The van der Waals surface area contributed by atoms with E-state index in [-0.39, 0.29) is 5.00 Å². The van der Waals surface area contributed by atoms with Crippen LogP contribution in [0, 0.1) is 10.1 Å². The molecule has 2 heterocycles. The molecule has 30 heavy (non-hydrogen) atoms. The Hall–Kier alpha value is -3.76. The minimum atomic E-state index is -0.518. The summed E-state index contributed by atoms with van der Waals surface area (Å²) in [4.78, 5) is 42.9. The van der Waals surface area contributed by atoms with Crippen molar-refractivity contribution < 1.29 is 14.5 Å². The molecule has 3 N–H and O–H groups in total. The van der Waals surface area contributed by atoms with Crippen LogP contribution < -0.4 is 10.9 Å². The lowest BCUT2D eigenvalue weighted by molar-refractivity contribution is -0.380.